The Kier molecular flexibility index (Phi) is 5.59. The Labute approximate surface area is 164 Å². The number of benzene rings is 1. The topological polar surface area (TPSA) is 107 Å². The predicted molar refractivity (Wildman–Crippen MR) is 106 cm³/mol. The molecule has 1 aromatic carbocycles. The molecule has 2 aromatic rings. The summed E-state index contributed by atoms with van der Waals surface area (Å²) >= 11 is 0. The summed E-state index contributed by atoms with van der Waals surface area (Å²) < 4.78 is 5.29. The summed E-state index contributed by atoms with van der Waals surface area (Å²) in [5.41, 5.74) is 1.30. The van der Waals surface area contributed by atoms with Crippen molar-refractivity contribution in [2.75, 3.05) is 0 Å². The van der Waals surface area contributed by atoms with E-state index in [4.69, 9.17) is 10.00 Å². The highest BCUT2D eigenvalue weighted by atomic mass is 16.6. The van der Waals surface area contributed by atoms with Gasteiger partial charge < -0.3 is 20.4 Å². The third-order valence-electron chi connectivity index (χ3n) is 4.78. The molecule has 3 N–H and O–H groups in total. The van der Waals surface area contributed by atoms with Crippen LogP contribution in [0.3, 0.4) is 0 Å². The number of aromatic nitrogens is 1. The molecule has 28 heavy (non-hydrogen) atoms. The Morgan fingerprint density at radius 1 is 1.11 bits per heavy atom. The number of fused-ring (bicyclic) bond motifs is 1. The summed E-state index contributed by atoms with van der Waals surface area (Å²) in [5.74, 6) is -0.154. The Bertz CT molecular complexity index is 912. The van der Waals surface area contributed by atoms with Gasteiger partial charge in [0.1, 0.15) is 11.3 Å². The zero-order chi connectivity index (χ0) is 20.3. The van der Waals surface area contributed by atoms with Gasteiger partial charge in [-0.25, -0.2) is 4.79 Å². The predicted octanol–water partition coefficient (Wildman–Crippen LogP) is 3.61. The molecule has 0 unspecified atom stereocenters. The second-order valence-electron chi connectivity index (χ2n) is 8.27. The zero-order valence-corrected chi connectivity index (χ0v) is 16.5. The first-order valence-electron chi connectivity index (χ1n) is 9.57. The lowest BCUT2D eigenvalue weighted by atomic mass is 9.91. The third-order valence-corrected chi connectivity index (χ3v) is 4.78. The van der Waals surface area contributed by atoms with Gasteiger partial charge in [0.15, 0.2) is 0 Å². The number of hydrogen-bond donors (Lipinski definition) is 3. The van der Waals surface area contributed by atoms with Gasteiger partial charge >= 0.3 is 6.09 Å². The summed E-state index contributed by atoms with van der Waals surface area (Å²) in [7, 11) is 0. The molecule has 7 nitrogen and oxygen atoms in total. The largest absolute Gasteiger partial charge is 0.444 e. The van der Waals surface area contributed by atoms with Crippen molar-refractivity contribution in [1.29, 1.82) is 5.26 Å². The fourth-order valence-electron chi connectivity index (χ4n) is 3.44. The molecule has 0 spiro atoms. The lowest BCUT2D eigenvalue weighted by molar-refractivity contribution is 0.0488. The molecule has 1 saturated carbocycles. The average molecular weight is 382 g/mol. The number of amides is 2. The van der Waals surface area contributed by atoms with Crippen LogP contribution >= 0.6 is 0 Å². The lowest BCUT2D eigenvalue weighted by Crippen LogP contribution is -2.45. The molecule has 0 bridgehead atoms. The molecule has 148 valence electrons. The van der Waals surface area contributed by atoms with Crippen molar-refractivity contribution >= 4 is 22.9 Å². The monoisotopic (exact) mass is 382 g/mol. The van der Waals surface area contributed by atoms with Crippen LogP contribution < -0.4 is 10.6 Å². The molecule has 0 radical (unpaired) electrons. The van der Waals surface area contributed by atoms with Gasteiger partial charge in [0.05, 0.1) is 11.6 Å². The Hall–Kier alpha value is -3.01. The highest BCUT2D eigenvalue weighted by Crippen LogP contribution is 2.21. The van der Waals surface area contributed by atoms with Crippen LogP contribution in [0.2, 0.25) is 0 Å². The molecule has 0 saturated heterocycles. The zero-order valence-electron chi connectivity index (χ0n) is 16.5. The molecule has 1 fully saturated rings. The van der Waals surface area contributed by atoms with Crippen LogP contribution in [0.5, 0.6) is 0 Å². The van der Waals surface area contributed by atoms with Crippen molar-refractivity contribution in [3.8, 4) is 6.07 Å². The van der Waals surface area contributed by atoms with Crippen molar-refractivity contribution in [2.45, 2.75) is 64.1 Å². The van der Waals surface area contributed by atoms with E-state index in [-0.39, 0.29) is 18.0 Å². The van der Waals surface area contributed by atoms with Crippen molar-refractivity contribution in [3.05, 3.63) is 35.5 Å². The van der Waals surface area contributed by atoms with Crippen LogP contribution in [0.15, 0.2) is 24.3 Å². The molecule has 1 heterocycles. The number of nitriles is 1. The van der Waals surface area contributed by atoms with Gasteiger partial charge in [0.25, 0.3) is 5.91 Å². The van der Waals surface area contributed by atoms with Crippen LogP contribution in [-0.2, 0) is 4.74 Å². The number of carbonyl (C=O) groups is 2. The van der Waals surface area contributed by atoms with Gasteiger partial charge in [-0.05, 0) is 64.7 Å². The fraction of sp³-hybridized carbons (Fsp3) is 0.476. The van der Waals surface area contributed by atoms with Gasteiger partial charge in [-0.2, -0.15) is 5.26 Å². The number of nitrogens with one attached hydrogen (secondary N) is 3. The number of aromatic amines is 1. The Balaban J connectivity index is 1.51. The minimum absolute atomic E-state index is 0.0699. The molecule has 1 aliphatic rings. The minimum Gasteiger partial charge on any atom is -0.444 e. The van der Waals surface area contributed by atoms with Gasteiger partial charge in [0.2, 0.25) is 0 Å². The lowest BCUT2D eigenvalue weighted by Gasteiger charge is -2.30. The van der Waals surface area contributed by atoms with Gasteiger partial charge in [-0.3, -0.25) is 4.79 Å². The standard InChI is InChI=1S/C21H26N4O3/c1-21(2,3)28-20(27)24-16-8-6-15(7-9-16)23-19(26)18-11-14-5-4-13(12-22)10-17(14)25-18/h4-5,10-11,15-16,25H,6-9H2,1-3H3,(H,23,26)(H,24,27)/t15-,16-. The number of nitrogens with zero attached hydrogens (tertiary/aromatic N) is 1. The molecular weight excluding hydrogens is 356 g/mol. The van der Waals surface area contributed by atoms with Crippen LogP contribution in [0, 0.1) is 11.3 Å². The molecular formula is C21H26N4O3. The SMILES string of the molecule is CC(C)(C)OC(=O)N[C@H]1CC[C@H](NC(=O)c2cc3ccc(C#N)cc3[nH]2)CC1. The number of rotatable bonds is 3. The first-order chi connectivity index (χ1) is 13.2. The highest BCUT2D eigenvalue weighted by Gasteiger charge is 2.26. The molecule has 1 aromatic heterocycles. The van der Waals surface area contributed by atoms with E-state index in [1.165, 1.54) is 0 Å². The maximum Gasteiger partial charge on any atom is 0.407 e. The van der Waals surface area contributed by atoms with Crippen LogP contribution in [0.1, 0.15) is 62.5 Å². The first-order valence-corrected chi connectivity index (χ1v) is 9.57. The molecule has 2 amide bonds. The second kappa shape index (κ2) is 7.93. The van der Waals surface area contributed by atoms with E-state index in [1.54, 1.807) is 18.2 Å². The van der Waals surface area contributed by atoms with E-state index in [0.29, 0.717) is 11.3 Å². The van der Waals surface area contributed by atoms with E-state index in [1.807, 2.05) is 26.8 Å². The van der Waals surface area contributed by atoms with E-state index in [2.05, 4.69) is 21.7 Å². The summed E-state index contributed by atoms with van der Waals surface area (Å²) in [6.07, 6.45) is 2.79. The number of hydrogen-bond acceptors (Lipinski definition) is 4. The minimum atomic E-state index is -0.511. The maximum atomic E-state index is 12.6. The average Bonchev–Trinajstić information content (AvgIpc) is 3.05. The number of H-pyrrole nitrogens is 1. The molecule has 3 rings (SSSR count). The van der Waals surface area contributed by atoms with E-state index in [0.717, 1.165) is 36.6 Å². The summed E-state index contributed by atoms with van der Waals surface area (Å²) in [6.45, 7) is 5.51. The molecule has 1 aliphatic carbocycles. The van der Waals surface area contributed by atoms with E-state index < -0.39 is 11.7 Å². The van der Waals surface area contributed by atoms with Crippen LogP contribution in [0.25, 0.3) is 10.9 Å². The van der Waals surface area contributed by atoms with E-state index in [9.17, 15) is 9.59 Å². The van der Waals surface area contributed by atoms with Crippen molar-refractivity contribution in [2.24, 2.45) is 0 Å². The van der Waals surface area contributed by atoms with Crippen LogP contribution in [0.4, 0.5) is 4.79 Å². The molecule has 7 heteroatoms. The quantitative estimate of drug-likeness (QED) is 0.754. The first kappa shape index (κ1) is 19.7. The number of alkyl carbamates (subject to hydrolysis) is 1. The smallest absolute Gasteiger partial charge is 0.407 e. The van der Waals surface area contributed by atoms with Crippen molar-refractivity contribution in [3.63, 3.8) is 0 Å². The summed E-state index contributed by atoms with van der Waals surface area (Å²) in [6, 6.07) is 9.33. The van der Waals surface area contributed by atoms with E-state index >= 15 is 0 Å². The Morgan fingerprint density at radius 2 is 1.75 bits per heavy atom. The summed E-state index contributed by atoms with van der Waals surface area (Å²) in [4.78, 5) is 27.5. The molecule has 0 aliphatic heterocycles. The fourth-order valence-corrected chi connectivity index (χ4v) is 3.44. The van der Waals surface area contributed by atoms with Gasteiger partial charge in [-0.15, -0.1) is 0 Å². The van der Waals surface area contributed by atoms with Crippen molar-refractivity contribution < 1.29 is 14.3 Å². The van der Waals surface area contributed by atoms with Gasteiger partial charge in [-0.1, -0.05) is 6.07 Å². The number of carbonyl (C=O) groups excluding carboxylic acids is 2. The Morgan fingerprint density at radius 3 is 2.36 bits per heavy atom. The normalized spacial score (nSPS) is 19.6. The molecule has 0 atom stereocenters. The second-order valence-corrected chi connectivity index (χ2v) is 8.27. The van der Waals surface area contributed by atoms with Gasteiger partial charge in [0, 0.05) is 23.0 Å². The number of ether oxygens (including phenoxy) is 1. The summed E-state index contributed by atoms with van der Waals surface area (Å²) in [5, 5.41) is 15.8. The van der Waals surface area contributed by atoms with Crippen LogP contribution in [-0.4, -0.2) is 34.7 Å². The van der Waals surface area contributed by atoms with Crippen molar-refractivity contribution in [1.82, 2.24) is 15.6 Å². The maximum absolute atomic E-state index is 12.6. The third kappa shape index (κ3) is 5.03. The highest BCUT2D eigenvalue weighted by molar-refractivity contribution is 5.98.